The number of nitrogens with two attached hydrogens (primary N) is 1. The van der Waals surface area contributed by atoms with Gasteiger partial charge in [0, 0.05) is 11.3 Å². The van der Waals surface area contributed by atoms with Gasteiger partial charge in [0.1, 0.15) is 37.9 Å². The highest BCUT2D eigenvalue weighted by Crippen LogP contribution is 2.42. The molecule has 0 unspecified atom stereocenters. The predicted octanol–water partition coefficient (Wildman–Crippen LogP) is 0.963. The van der Waals surface area contributed by atoms with Gasteiger partial charge >= 0.3 is 17.9 Å². The van der Waals surface area contributed by atoms with E-state index in [0.717, 1.165) is 59.1 Å². The molecule has 0 bridgehead atoms. The number of Topliss-reactive ketones (excluding diaryl/α,β-unsaturated/α-hetero) is 2. The van der Waals surface area contributed by atoms with E-state index in [2.05, 4.69) is 47.8 Å². The van der Waals surface area contributed by atoms with Crippen molar-refractivity contribution in [1.29, 1.82) is 0 Å². The lowest BCUT2D eigenvalue weighted by Crippen LogP contribution is -2.48. The molecular weight excluding hydrogens is 456 g/mol. The molecule has 10 nitrogen and oxygen atoms in total. The molecule has 3 aromatic rings. The lowest BCUT2D eigenvalue weighted by molar-refractivity contribution is -0.981. The van der Waals surface area contributed by atoms with Gasteiger partial charge in [-0.15, -0.1) is 18.5 Å². The molecule has 1 aromatic carbocycles. The Bertz CT molecular complexity index is 1170. The molecule has 2 aliphatic rings. The van der Waals surface area contributed by atoms with Gasteiger partial charge in [0.05, 0.1) is 18.6 Å². The molecule has 11 heteroatoms. The number of hydrogen-bond donors (Lipinski definition) is 1. The highest BCUT2D eigenvalue weighted by Gasteiger charge is 2.62. The molecule has 2 N–H and O–H groups in total. The fourth-order valence-corrected chi connectivity index (χ4v) is 5.68. The van der Waals surface area contributed by atoms with Crippen molar-refractivity contribution in [2.24, 2.45) is 5.90 Å². The minimum absolute atomic E-state index is 0.0661. The smallest absolute Gasteiger partial charge is 0.296 e. The number of ketones is 2. The Kier molecular flexibility index (Phi) is 6.13. The topological polar surface area (TPSA) is 96.2 Å². The maximum Gasteiger partial charge on any atom is 0.380 e. The van der Waals surface area contributed by atoms with Crippen LogP contribution in [0.3, 0.4) is 0 Å². The number of benzene rings is 1. The molecule has 0 radical (unpaired) electrons. The van der Waals surface area contributed by atoms with Crippen LogP contribution in [0.15, 0.2) is 53.9 Å². The van der Waals surface area contributed by atoms with E-state index in [4.69, 9.17) is 10.2 Å². The Hall–Kier alpha value is -2.83. The number of rotatable bonds is 10. The van der Waals surface area contributed by atoms with Gasteiger partial charge in [0.25, 0.3) is 0 Å². The number of nitrogens with zero attached hydrogens (tertiary/aromatic N) is 5. The summed E-state index contributed by atoms with van der Waals surface area (Å²) < 4.78 is 14.3. The molecule has 0 atom stereocenters. The predicted molar refractivity (Wildman–Crippen MR) is 120 cm³/mol. The Morgan fingerprint density at radius 2 is 1.59 bits per heavy atom. The number of hydrogen-bond acceptors (Lipinski definition) is 6. The molecule has 0 saturated heterocycles. The molecule has 178 valence electrons. The molecule has 0 saturated carbocycles. The van der Waals surface area contributed by atoms with E-state index in [9.17, 15) is 9.59 Å². The fourth-order valence-electron chi connectivity index (χ4n) is 5.32. The molecule has 0 aliphatic carbocycles. The third kappa shape index (κ3) is 4.10. The average Bonchev–Trinajstić information content (AvgIpc) is 3.50. The molecular formula is C23H29N6O4S+3. The second-order valence-electron chi connectivity index (χ2n) is 9.15. The standard InChI is InChI=1S/C23H29N6O4S/c1-17(30)13-25-8-10-27-21(25)15-29(12-7-19-3-5-20(6-4-19)34-33-32-24)16-22-26(14-18(2)31)9-11-28(22)23(27)29/h3-6,8-11,23H,7,12-16,24H2,1-2H3/q+3. The van der Waals surface area contributed by atoms with E-state index in [-0.39, 0.29) is 17.9 Å². The minimum Gasteiger partial charge on any atom is -0.296 e. The highest BCUT2D eigenvalue weighted by molar-refractivity contribution is 7.94. The lowest BCUT2D eigenvalue weighted by atomic mass is 10.1. The van der Waals surface area contributed by atoms with E-state index < -0.39 is 0 Å². The maximum atomic E-state index is 11.8. The van der Waals surface area contributed by atoms with Crippen molar-refractivity contribution in [1.82, 2.24) is 9.13 Å². The molecule has 4 heterocycles. The van der Waals surface area contributed by atoms with Gasteiger partial charge < -0.3 is 0 Å². The summed E-state index contributed by atoms with van der Waals surface area (Å²) in [4.78, 5) is 28.8. The highest BCUT2D eigenvalue weighted by atomic mass is 32.2. The Morgan fingerprint density at radius 3 is 2.09 bits per heavy atom. The van der Waals surface area contributed by atoms with Crippen LogP contribution in [-0.2, 0) is 51.5 Å². The second kappa shape index (κ2) is 9.08. The third-order valence-electron chi connectivity index (χ3n) is 6.70. The van der Waals surface area contributed by atoms with Crippen LogP contribution in [0.2, 0.25) is 0 Å². The van der Waals surface area contributed by atoms with Crippen LogP contribution in [0.25, 0.3) is 0 Å². The van der Waals surface area contributed by atoms with Crippen LogP contribution in [0.5, 0.6) is 0 Å². The van der Waals surface area contributed by atoms with Gasteiger partial charge in [0.15, 0.2) is 24.7 Å². The summed E-state index contributed by atoms with van der Waals surface area (Å²) in [5.41, 5.74) is 1.23. The van der Waals surface area contributed by atoms with Crippen molar-refractivity contribution in [3.63, 3.8) is 0 Å². The Labute approximate surface area is 201 Å². The largest absolute Gasteiger partial charge is 0.380 e. The quantitative estimate of drug-likeness (QED) is 0.151. The molecule has 0 fully saturated rings. The van der Waals surface area contributed by atoms with Crippen molar-refractivity contribution in [2.45, 2.75) is 57.6 Å². The van der Waals surface area contributed by atoms with Crippen LogP contribution in [0.4, 0.5) is 0 Å². The number of quaternary nitrogens is 1. The summed E-state index contributed by atoms with van der Waals surface area (Å²) in [6.45, 7) is 6.57. The normalized spacial score (nSPS) is 20.3. The van der Waals surface area contributed by atoms with E-state index in [1.165, 1.54) is 5.56 Å². The van der Waals surface area contributed by atoms with Crippen LogP contribution in [-0.4, -0.2) is 31.7 Å². The fraction of sp³-hybridized carbons (Fsp3) is 0.391. The first-order chi connectivity index (χ1) is 16.4. The van der Waals surface area contributed by atoms with Gasteiger partial charge in [0.2, 0.25) is 0 Å². The van der Waals surface area contributed by atoms with Crippen LogP contribution in [0.1, 0.15) is 37.3 Å². The van der Waals surface area contributed by atoms with Gasteiger partial charge in [-0.2, -0.15) is 5.90 Å². The monoisotopic (exact) mass is 485 g/mol. The Morgan fingerprint density at radius 1 is 1.03 bits per heavy atom. The zero-order chi connectivity index (χ0) is 23.9. The SMILES string of the molecule is CC(=O)C[n+]1ccn2c1C[N+]1(CCc3ccc(SOON)cc3)Cc3n(cc[n+]3CC(C)=O)C21. The van der Waals surface area contributed by atoms with Crippen molar-refractivity contribution in [2.75, 3.05) is 6.54 Å². The first-order valence-corrected chi connectivity index (χ1v) is 12.0. The molecule has 34 heavy (non-hydrogen) atoms. The van der Waals surface area contributed by atoms with Crippen molar-refractivity contribution >= 4 is 23.6 Å². The average molecular weight is 486 g/mol. The third-order valence-corrected chi connectivity index (χ3v) is 7.31. The van der Waals surface area contributed by atoms with E-state index in [1.54, 1.807) is 13.8 Å². The zero-order valence-corrected chi connectivity index (χ0v) is 20.1. The van der Waals surface area contributed by atoms with Crippen LogP contribution in [0, 0.1) is 0 Å². The zero-order valence-electron chi connectivity index (χ0n) is 19.3. The summed E-state index contributed by atoms with van der Waals surface area (Å²) in [6.07, 6.45) is 9.12. The number of fused-ring (bicyclic) bond motifs is 5. The number of imidazole rings is 2. The van der Waals surface area contributed by atoms with Crippen molar-refractivity contribution in [3.05, 3.63) is 66.3 Å². The molecule has 0 amide bonds. The summed E-state index contributed by atoms with van der Waals surface area (Å²) in [7, 11) is 0. The van der Waals surface area contributed by atoms with E-state index in [0.29, 0.717) is 13.1 Å². The summed E-state index contributed by atoms with van der Waals surface area (Å²) in [5.74, 6) is 7.50. The van der Waals surface area contributed by atoms with Crippen molar-refractivity contribution < 1.29 is 32.5 Å². The molecule has 2 aliphatic heterocycles. The molecule has 0 spiro atoms. The van der Waals surface area contributed by atoms with Crippen LogP contribution >= 0.6 is 12.0 Å². The van der Waals surface area contributed by atoms with E-state index in [1.807, 2.05) is 24.5 Å². The minimum atomic E-state index is 0.0661. The Balaban J connectivity index is 1.44. The van der Waals surface area contributed by atoms with Crippen molar-refractivity contribution in [3.8, 4) is 0 Å². The number of carbonyl (C=O) groups is 2. The summed E-state index contributed by atoms with van der Waals surface area (Å²) in [5, 5.41) is 0. The summed E-state index contributed by atoms with van der Waals surface area (Å²) in [6, 6.07) is 8.15. The number of carbonyl (C=O) groups excluding carboxylic acids is 2. The first-order valence-electron chi connectivity index (χ1n) is 11.2. The van der Waals surface area contributed by atoms with Gasteiger partial charge in [-0.1, -0.05) is 12.1 Å². The van der Waals surface area contributed by atoms with Gasteiger partial charge in [-0.25, -0.2) is 13.6 Å². The first kappa shape index (κ1) is 22.9. The molecule has 5 rings (SSSR count). The lowest BCUT2D eigenvalue weighted by Gasteiger charge is -2.28. The molecule has 2 aromatic heterocycles. The van der Waals surface area contributed by atoms with E-state index >= 15 is 0 Å². The maximum absolute atomic E-state index is 11.8. The number of aromatic nitrogens is 4. The summed E-state index contributed by atoms with van der Waals surface area (Å²) >= 11 is 1.07. The second-order valence-corrected chi connectivity index (χ2v) is 9.92. The van der Waals surface area contributed by atoms with Crippen LogP contribution < -0.4 is 15.0 Å². The van der Waals surface area contributed by atoms with Gasteiger partial charge in [-0.3, -0.25) is 9.59 Å². The van der Waals surface area contributed by atoms with Gasteiger partial charge in [-0.05, 0) is 31.5 Å².